The fourth-order valence-electron chi connectivity index (χ4n) is 1.54. The van der Waals surface area contributed by atoms with Gasteiger partial charge in [-0.25, -0.2) is 0 Å². The Morgan fingerprint density at radius 1 is 1.44 bits per heavy atom. The van der Waals surface area contributed by atoms with E-state index in [0.717, 1.165) is 33.3 Å². The van der Waals surface area contributed by atoms with Gasteiger partial charge in [-0.3, -0.25) is 0 Å². The van der Waals surface area contributed by atoms with Gasteiger partial charge in [-0.2, -0.15) is 11.8 Å². The molecule has 0 aliphatic rings. The van der Waals surface area contributed by atoms with Crippen LogP contribution in [0.25, 0.3) is 11.0 Å². The second kappa shape index (κ2) is 5.13. The van der Waals surface area contributed by atoms with E-state index >= 15 is 0 Å². The van der Waals surface area contributed by atoms with Crippen molar-refractivity contribution < 1.29 is 4.42 Å². The summed E-state index contributed by atoms with van der Waals surface area (Å²) in [7, 11) is 0. The highest BCUT2D eigenvalue weighted by atomic mass is 35.5. The molecule has 0 spiro atoms. The van der Waals surface area contributed by atoms with Crippen LogP contribution in [-0.4, -0.2) is 11.5 Å². The van der Waals surface area contributed by atoms with Gasteiger partial charge < -0.3 is 10.2 Å². The van der Waals surface area contributed by atoms with Crippen LogP contribution < -0.4 is 5.73 Å². The third-order valence-electron chi connectivity index (χ3n) is 2.36. The van der Waals surface area contributed by atoms with Crippen molar-refractivity contribution in [3.8, 4) is 0 Å². The van der Waals surface area contributed by atoms with Crippen molar-refractivity contribution >= 4 is 34.3 Å². The summed E-state index contributed by atoms with van der Waals surface area (Å²) < 4.78 is 5.68. The van der Waals surface area contributed by atoms with Gasteiger partial charge in [0.2, 0.25) is 0 Å². The third-order valence-corrected chi connectivity index (χ3v) is 3.60. The molecule has 0 aliphatic heterocycles. The van der Waals surface area contributed by atoms with Gasteiger partial charge in [0.25, 0.3) is 0 Å². The molecule has 2 N–H and O–H groups in total. The first-order chi connectivity index (χ1) is 7.70. The molecule has 2 rings (SSSR count). The molecule has 0 amide bonds. The second-order valence-corrected chi connectivity index (χ2v) is 5.35. The maximum Gasteiger partial charge on any atom is 0.134 e. The molecular formula is C12H14ClNOS. The van der Waals surface area contributed by atoms with E-state index in [9.17, 15) is 0 Å². The minimum atomic E-state index is -0.0453. The average molecular weight is 256 g/mol. The van der Waals surface area contributed by atoms with Crippen LogP contribution in [0.15, 0.2) is 28.7 Å². The summed E-state index contributed by atoms with van der Waals surface area (Å²) >= 11 is 7.73. The van der Waals surface area contributed by atoms with Gasteiger partial charge in [0, 0.05) is 16.2 Å². The first-order valence-corrected chi connectivity index (χ1v) is 6.76. The maximum absolute atomic E-state index is 6.04. The molecule has 2 aromatic rings. The Balaban J connectivity index is 2.25. The van der Waals surface area contributed by atoms with Crippen molar-refractivity contribution in [3.63, 3.8) is 0 Å². The van der Waals surface area contributed by atoms with E-state index in [0.29, 0.717) is 0 Å². The Morgan fingerprint density at radius 2 is 2.25 bits per heavy atom. The number of thioether (sulfide) groups is 1. The zero-order valence-electron chi connectivity index (χ0n) is 9.07. The molecule has 1 aromatic heterocycles. The lowest BCUT2D eigenvalue weighted by Crippen LogP contribution is -2.11. The topological polar surface area (TPSA) is 39.2 Å². The fourth-order valence-corrected chi connectivity index (χ4v) is 2.38. The van der Waals surface area contributed by atoms with Gasteiger partial charge in [0.05, 0.1) is 6.04 Å². The van der Waals surface area contributed by atoms with Crippen molar-refractivity contribution in [3.05, 3.63) is 35.0 Å². The number of rotatable bonds is 4. The normalized spacial score (nSPS) is 13.2. The smallest absolute Gasteiger partial charge is 0.134 e. The summed E-state index contributed by atoms with van der Waals surface area (Å²) in [6, 6.07) is 7.52. The van der Waals surface area contributed by atoms with Gasteiger partial charge in [-0.1, -0.05) is 18.5 Å². The largest absolute Gasteiger partial charge is 0.459 e. The fraction of sp³-hybridized carbons (Fsp3) is 0.333. The van der Waals surface area contributed by atoms with Gasteiger partial charge in [0.1, 0.15) is 11.3 Å². The monoisotopic (exact) mass is 255 g/mol. The Bertz CT molecular complexity index is 483. The van der Waals surface area contributed by atoms with Crippen LogP contribution >= 0.6 is 23.4 Å². The molecule has 0 fully saturated rings. The highest BCUT2D eigenvalue weighted by Gasteiger charge is 2.11. The Kier molecular flexibility index (Phi) is 3.79. The predicted molar refractivity (Wildman–Crippen MR) is 71.2 cm³/mol. The summed E-state index contributed by atoms with van der Waals surface area (Å²) in [5.41, 5.74) is 6.88. The quantitative estimate of drug-likeness (QED) is 0.902. The lowest BCUT2D eigenvalue weighted by atomic mass is 10.2. The van der Waals surface area contributed by atoms with Crippen LogP contribution in [0.1, 0.15) is 18.7 Å². The van der Waals surface area contributed by atoms with Crippen LogP contribution in [0.4, 0.5) is 0 Å². The summed E-state index contributed by atoms with van der Waals surface area (Å²) in [5.74, 6) is 2.78. The first-order valence-electron chi connectivity index (χ1n) is 5.23. The lowest BCUT2D eigenvalue weighted by molar-refractivity contribution is 0.516. The van der Waals surface area contributed by atoms with Gasteiger partial charge in [-0.05, 0) is 30.0 Å². The Labute approximate surface area is 104 Å². The van der Waals surface area contributed by atoms with Crippen molar-refractivity contribution in [2.45, 2.75) is 13.0 Å². The molecule has 0 aliphatic carbocycles. The Morgan fingerprint density at radius 3 is 3.00 bits per heavy atom. The summed E-state index contributed by atoms with van der Waals surface area (Å²) in [6.07, 6.45) is 0. The minimum absolute atomic E-state index is 0.0453. The molecule has 0 saturated heterocycles. The lowest BCUT2D eigenvalue weighted by Gasteiger charge is -2.06. The van der Waals surface area contributed by atoms with Crippen LogP contribution in [0, 0.1) is 0 Å². The highest BCUT2D eigenvalue weighted by molar-refractivity contribution is 7.99. The second-order valence-electron chi connectivity index (χ2n) is 3.60. The van der Waals surface area contributed by atoms with Crippen LogP contribution in [0.2, 0.25) is 5.02 Å². The number of nitrogens with two attached hydrogens (primary N) is 1. The molecular weight excluding hydrogens is 242 g/mol. The number of hydrogen-bond acceptors (Lipinski definition) is 3. The van der Waals surface area contributed by atoms with Gasteiger partial charge >= 0.3 is 0 Å². The van der Waals surface area contributed by atoms with E-state index in [-0.39, 0.29) is 6.04 Å². The molecule has 1 unspecified atom stereocenters. The summed E-state index contributed by atoms with van der Waals surface area (Å²) in [6.45, 7) is 2.12. The van der Waals surface area contributed by atoms with E-state index in [1.54, 1.807) is 0 Å². The molecule has 1 aromatic carbocycles. The number of fused-ring (bicyclic) bond motifs is 1. The number of furan rings is 1. The van der Waals surface area contributed by atoms with Crippen LogP contribution in [-0.2, 0) is 0 Å². The zero-order chi connectivity index (χ0) is 11.5. The summed E-state index contributed by atoms with van der Waals surface area (Å²) in [4.78, 5) is 0. The molecule has 86 valence electrons. The molecule has 0 bridgehead atoms. The number of benzene rings is 1. The van der Waals surface area contributed by atoms with Crippen LogP contribution in [0.5, 0.6) is 0 Å². The van der Waals surface area contributed by atoms with E-state index in [1.807, 2.05) is 36.0 Å². The van der Waals surface area contributed by atoms with Gasteiger partial charge in [0.15, 0.2) is 0 Å². The van der Waals surface area contributed by atoms with E-state index in [4.69, 9.17) is 21.8 Å². The molecule has 1 atom stereocenters. The van der Waals surface area contributed by atoms with E-state index < -0.39 is 0 Å². The first kappa shape index (κ1) is 11.8. The molecule has 2 nitrogen and oxygen atoms in total. The average Bonchev–Trinajstić information content (AvgIpc) is 2.68. The van der Waals surface area contributed by atoms with Crippen LogP contribution in [0.3, 0.4) is 0 Å². The molecule has 16 heavy (non-hydrogen) atoms. The zero-order valence-corrected chi connectivity index (χ0v) is 10.6. The van der Waals surface area contributed by atoms with E-state index in [2.05, 4.69) is 6.92 Å². The highest BCUT2D eigenvalue weighted by Crippen LogP contribution is 2.26. The van der Waals surface area contributed by atoms with E-state index in [1.165, 1.54) is 0 Å². The molecule has 4 heteroatoms. The SMILES string of the molecule is CCSCC(N)c1cc2cc(Cl)ccc2o1. The van der Waals surface area contributed by atoms with Crippen molar-refractivity contribution in [1.29, 1.82) is 0 Å². The number of halogens is 1. The number of hydrogen-bond donors (Lipinski definition) is 1. The van der Waals surface area contributed by atoms with Gasteiger partial charge in [-0.15, -0.1) is 0 Å². The predicted octanol–water partition coefficient (Wildman–Crippen LogP) is 3.84. The Hall–Kier alpha value is -0.640. The molecule has 0 saturated carbocycles. The van der Waals surface area contributed by atoms with Crippen molar-refractivity contribution in [1.82, 2.24) is 0 Å². The third kappa shape index (κ3) is 2.54. The van der Waals surface area contributed by atoms with Crippen molar-refractivity contribution in [2.75, 3.05) is 11.5 Å². The molecule has 0 radical (unpaired) electrons. The summed E-state index contributed by atoms with van der Waals surface area (Å²) in [5, 5.41) is 1.73. The maximum atomic E-state index is 6.04. The standard InChI is InChI=1S/C12H14ClNOS/c1-2-16-7-10(14)12-6-8-5-9(13)3-4-11(8)15-12/h3-6,10H,2,7,14H2,1H3. The molecule has 1 heterocycles. The van der Waals surface area contributed by atoms with Crippen molar-refractivity contribution in [2.24, 2.45) is 5.73 Å². The minimum Gasteiger partial charge on any atom is -0.459 e.